The van der Waals surface area contributed by atoms with Crippen LogP contribution in [0.4, 0.5) is 4.39 Å². The number of nitrogens with zero attached hydrogens (tertiary/aromatic N) is 2. The Labute approximate surface area is 161 Å². The highest BCUT2D eigenvalue weighted by Gasteiger charge is 2.58. The Bertz CT molecular complexity index is 909. The standard InChI is InChI=1S/C21H21FN2O4/c22-17-7-5-15(6-8-17)19-18-4-2-1-3-14(18)9-10-23(19)20(26)16-11-21(12-16,13-25)24(27)28/h1-8,16,19,25H,9-13H2/t16?,19-,21?/m0/s1. The van der Waals surface area contributed by atoms with Crippen molar-refractivity contribution in [2.24, 2.45) is 5.92 Å². The first-order valence-electron chi connectivity index (χ1n) is 9.34. The summed E-state index contributed by atoms with van der Waals surface area (Å²) in [4.78, 5) is 25.7. The summed E-state index contributed by atoms with van der Waals surface area (Å²) in [6.45, 7) is -0.0625. The maximum absolute atomic E-state index is 13.4. The van der Waals surface area contributed by atoms with Gasteiger partial charge in [-0.25, -0.2) is 4.39 Å². The van der Waals surface area contributed by atoms with Crippen molar-refractivity contribution in [1.82, 2.24) is 4.90 Å². The number of carbonyl (C=O) groups excluding carboxylic acids is 1. The molecule has 4 rings (SSSR count). The van der Waals surface area contributed by atoms with E-state index in [4.69, 9.17) is 0 Å². The Balaban J connectivity index is 1.65. The van der Waals surface area contributed by atoms with Gasteiger partial charge in [0.2, 0.25) is 11.4 Å². The van der Waals surface area contributed by atoms with Crippen LogP contribution >= 0.6 is 0 Å². The van der Waals surface area contributed by atoms with E-state index in [1.807, 2.05) is 24.3 Å². The molecular formula is C21H21FN2O4. The van der Waals surface area contributed by atoms with Crippen LogP contribution in [-0.4, -0.2) is 39.5 Å². The van der Waals surface area contributed by atoms with Crippen molar-refractivity contribution < 1.29 is 19.2 Å². The van der Waals surface area contributed by atoms with Gasteiger partial charge in [0, 0.05) is 24.3 Å². The van der Waals surface area contributed by atoms with Crippen LogP contribution in [0.15, 0.2) is 48.5 Å². The first-order valence-corrected chi connectivity index (χ1v) is 9.34. The molecule has 2 aromatic carbocycles. The minimum Gasteiger partial charge on any atom is -0.389 e. The van der Waals surface area contributed by atoms with Gasteiger partial charge >= 0.3 is 0 Å². The zero-order chi connectivity index (χ0) is 19.9. The lowest BCUT2D eigenvalue weighted by Crippen LogP contribution is -2.58. The topological polar surface area (TPSA) is 83.7 Å². The third-order valence-corrected chi connectivity index (χ3v) is 6.04. The summed E-state index contributed by atoms with van der Waals surface area (Å²) in [7, 11) is 0. The van der Waals surface area contributed by atoms with Crippen molar-refractivity contribution in [3.63, 3.8) is 0 Å². The second-order valence-electron chi connectivity index (χ2n) is 7.68. The molecule has 1 aliphatic carbocycles. The maximum atomic E-state index is 13.4. The molecule has 0 saturated heterocycles. The smallest absolute Gasteiger partial charge is 0.246 e. The molecule has 1 amide bonds. The molecule has 0 bridgehead atoms. The SMILES string of the molecule is O=C(C1CC(CO)([N+](=O)[O-])C1)N1CCc2ccccc2[C@@H]1c1ccc(F)cc1. The molecule has 2 aromatic rings. The number of hydrogen-bond acceptors (Lipinski definition) is 4. The number of rotatable bonds is 4. The Morgan fingerprint density at radius 2 is 1.89 bits per heavy atom. The van der Waals surface area contributed by atoms with Gasteiger partial charge in [-0.05, 0) is 35.2 Å². The maximum Gasteiger partial charge on any atom is 0.246 e. The third kappa shape index (κ3) is 2.96. The van der Waals surface area contributed by atoms with Gasteiger partial charge in [-0.2, -0.15) is 0 Å². The molecule has 0 aromatic heterocycles. The molecule has 1 saturated carbocycles. The fourth-order valence-electron chi connectivity index (χ4n) is 4.41. The quantitative estimate of drug-likeness (QED) is 0.649. The molecule has 1 aliphatic heterocycles. The summed E-state index contributed by atoms with van der Waals surface area (Å²) < 4.78 is 13.4. The lowest BCUT2D eigenvalue weighted by molar-refractivity contribution is -0.593. The van der Waals surface area contributed by atoms with Gasteiger partial charge in [-0.15, -0.1) is 0 Å². The molecule has 1 atom stereocenters. The third-order valence-electron chi connectivity index (χ3n) is 6.04. The first-order chi connectivity index (χ1) is 13.4. The van der Waals surface area contributed by atoms with Crippen LogP contribution in [-0.2, 0) is 11.2 Å². The summed E-state index contributed by atoms with van der Waals surface area (Å²) in [5.41, 5.74) is 1.54. The van der Waals surface area contributed by atoms with Crippen LogP contribution in [0.5, 0.6) is 0 Å². The van der Waals surface area contributed by atoms with Crippen LogP contribution in [0.1, 0.15) is 35.6 Å². The Morgan fingerprint density at radius 3 is 2.54 bits per heavy atom. The monoisotopic (exact) mass is 384 g/mol. The molecule has 0 unspecified atom stereocenters. The molecule has 0 spiro atoms. The van der Waals surface area contributed by atoms with E-state index in [2.05, 4.69) is 0 Å². The van der Waals surface area contributed by atoms with Crippen molar-refractivity contribution in [3.8, 4) is 0 Å². The van der Waals surface area contributed by atoms with E-state index < -0.39 is 23.0 Å². The number of benzene rings is 2. The lowest BCUT2D eigenvalue weighted by atomic mass is 9.68. The largest absolute Gasteiger partial charge is 0.389 e. The molecule has 1 heterocycles. The zero-order valence-corrected chi connectivity index (χ0v) is 15.3. The average molecular weight is 384 g/mol. The van der Waals surface area contributed by atoms with Crippen LogP contribution in [0.3, 0.4) is 0 Å². The van der Waals surface area contributed by atoms with E-state index >= 15 is 0 Å². The number of nitro groups is 1. The molecule has 146 valence electrons. The molecule has 2 aliphatic rings. The lowest BCUT2D eigenvalue weighted by Gasteiger charge is -2.44. The fourth-order valence-corrected chi connectivity index (χ4v) is 4.41. The number of halogens is 1. The summed E-state index contributed by atoms with van der Waals surface area (Å²) in [5, 5.41) is 20.6. The molecule has 1 N–H and O–H groups in total. The number of fused-ring (bicyclic) bond motifs is 1. The second-order valence-corrected chi connectivity index (χ2v) is 7.68. The van der Waals surface area contributed by atoms with Gasteiger partial charge in [-0.3, -0.25) is 14.9 Å². The van der Waals surface area contributed by atoms with Crippen molar-refractivity contribution in [1.29, 1.82) is 0 Å². The Hall–Kier alpha value is -2.80. The van der Waals surface area contributed by atoms with Gasteiger partial charge in [-0.1, -0.05) is 36.4 Å². The summed E-state index contributed by atoms with van der Waals surface area (Å²) >= 11 is 0. The van der Waals surface area contributed by atoms with Crippen molar-refractivity contribution in [3.05, 3.63) is 81.2 Å². The van der Waals surface area contributed by atoms with E-state index in [-0.39, 0.29) is 30.6 Å². The molecule has 7 heteroatoms. The fraction of sp³-hybridized carbons (Fsp3) is 0.381. The summed E-state index contributed by atoms with van der Waals surface area (Å²) in [6.07, 6.45) is 0.792. The number of aliphatic hydroxyl groups is 1. The summed E-state index contributed by atoms with van der Waals surface area (Å²) in [6, 6.07) is 13.6. The zero-order valence-electron chi connectivity index (χ0n) is 15.3. The van der Waals surface area contributed by atoms with E-state index in [0.717, 1.165) is 16.7 Å². The number of amides is 1. The highest BCUT2D eigenvalue weighted by Crippen LogP contribution is 2.44. The summed E-state index contributed by atoms with van der Waals surface area (Å²) in [5.74, 6) is -0.969. The minimum absolute atomic E-state index is 0.0453. The molecule has 6 nitrogen and oxygen atoms in total. The molecular weight excluding hydrogens is 363 g/mol. The van der Waals surface area contributed by atoms with Gasteiger partial charge in [0.05, 0.1) is 12.0 Å². The van der Waals surface area contributed by atoms with E-state index in [0.29, 0.717) is 13.0 Å². The van der Waals surface area contributed by atoms with Crippen molar-refractivity contribution in [2.75, 3.05) is 13.2 Å². The van der Waals surface area contributed by atoms with E-state index in [1.165, 1.54) is 12.1 Å². The minimum atomic E-state index is -1.40. The van der Waals surface area contributed by atoms with Crippen molar-refractivity contribution in [2.45, 2.75) is 30.8 Å². The molecule has 28 heavy (non-hydrogen) atoms. The molecule has 1 fully saturated rings. The van der Waals surface area contributed by atoms with Gasteiger partial charge in [0.25, 0.3) is 0 Å². The van der Waals surface area contributed by atoms with E-state index in [9.17, 15) is 24.4 Å². The number of carbonyl (C=O) groups is 1. The van der Waals surface area contributed by atoms with Gasteiger partial charge in [0.15, 0.2) is 0 Å². The number of aliphatic hydroxyl groups excluding tert-OH is 1. The van der Waals surface area contributed by atoms with Crippen molar-refractivity contribution >= 4 is 5.91 Å². The predicted molar refractivity (Wildman–Crippen MR) is 99.6 cm³/mol. The van der Waals surface area contributed by atoms with Gasteiger partial charge < -0.3 is 10.0 Å². The Morgan fingerprint density at radius 1 is 1.21 bits per heavy atom. The highest BCUT2D eigenvalue weighted by molar-refractivity contribution is 5.81. The van der Waals surface area contributed by atoms with E-state index in [1.54, 1.807) is 17.0 Å². The van der Waals surface area contributed by atoms with Gasteiger partial charge in [0.1, 0.15) is 12.4 Å². The number of hydrogen-bond donors (Lipinski definition) is 1. The molecule has 0 radical (unpaired) electrons. The van der Waals surface area contributed by atoms with Crippen LogP contribution in [0.2, 0.25) is 0 Å². The van der Waals surface area contributed by atoms with Crippen LogP contribution in [0, 0.1) is 21.8 Å². The van der Waals surface area contributed by atoms with Crippen LogP contribution < -0.4 is 0 Å². The highest BCUT2D eigenvalue weighted by atomic mass is 19.1. The first kappa shape index (κ1) is 18.6. The normalized spacial score (nSPS) is 26.3. The van der Waals surface area contributed by atoms with Crippen LogP contribution in [0.25, 0.3) is 0 Å². The second kappa shape index (κ2) is 6.98. The predicted octanol–water partition coefficient (Wildman–Crippen LogP) is 2.72. The average Bonchev–Trinajstić information content (AvgIpc) is 2.67. The Kier molecular flexibility index (Phi) is 4.63.